The summed E-state index contributed by atoms with van der Waals surface area (Å²) in [7, 11) is 0. The van der Waals surface area contributed by atoms with Gasteiger partial charge >= 0.3 is 0 Å². The molecule has 5 heteroatoms. The van der Waals surface area contributed by atoms with Crippen molar-refractivity contribution in [2.24, 2.45) is 0 Å². The van der Waals surface area contributed by atoms with E-state index in [1.165, 1.54) is 31.3 Å². The Kier molecular flexibility index (Phi) is 8.65. The van der Waals surface area contributed by atoms with Crippen molar-refractivity contribution < 1.29 is 4.42 Å². The van der Waals surface area contributed by atoms with Gasteiger partial charge < -0.3 is 4.42 Å². The van der Waals surface area contributed by atoms with Gasteiger partial charge in [0.15, 0.2) is 17.5 Å². The Morgan fingerprint density at radius 3 is 1.44 bits per heavy atom. The maximum Gasteiger partial charge on any atom is 0.164 e. The predicted molar refractivity (Wildman–Crippen MR) is 258 cm³/mol. The summed E-state index contributed by atoms with van der Waals surface area (Å²) in [6.07, 6.45) is 0. The highest BCUT2D eigenvalue weighted by molar-refractivity contribution is 7.25. The molecule has 4 nitrogen and oxygen atoms in total. The van der Waals surface area contributed by atoms with E-state index in [1.807, 2.05) is 18.2 Å². The number of benzene rings is 9. The van der Waals surface area contributed by atoms with Crippen LogP contribution in [0.15, 0.2) is 217 Å². The highest BCUT2D eigenvalue weighted by Crippen LogP contribution is 2.44. The van der Waals surface area contributed by atoms with Gasteiger partial charge in [0.1, 0.15) is 11.2 Å². The molecule has 12 rings (SSSR count). The SMILES string of the molecule is c1ccc(-c2nc(-c3ccccc3-c3ccc(-c4cccc5c4oc4c(-c6ccccc6-c6ccccc6)cccc45)cc3)nc(-c3cccc4sc5ccccc5c34)n2)cc1. The summed E-state index contributed by atoms with van der Waals surface area (Å²) in [4.78, 5) is 15.6. The number of thiophene rings is 1. The molecule has 0 unspecified atom stereocenters. The van der Waals surface area contributed by atoms with Gasteiger partial charge in [0, 0.05) is 58.8 Å². The molecule has 0 radical (unpaired) electrons. The van der Waals surface area contributed by atoms with Crippen LogP contribution in [-0.2, 0) is 0 Å². The fourth-order valence-corrected chi connectivity index (χ4v) is 10.0. The fraction of sp³-hybridized carbons (Fsp3) is 0. The van der Waals surface area contributed by atoms with Crippen LogP contribution in [-0.4, -0.2) is 15.0 Å². The summed E-state index contributed by atoms with van der Waals surface area (Å²) in [6.45, 7) is 0. The molecule has 3 heterocycles. The minimum absolute atomic E-state index is 0.627. The molecule has 9 aromatic carbocycles. The molecule has 0 atom stereocenters. The Morgan fingerprint density at radius 1 is 0.274 bits per heavy atom. The van der Waals surface area contributed by atoms with Crippen molar-refractivity contribution in [1.29, 1.82) is 0 Å². The zero-order valence-electron chi connectivity index (χ0n) is 33.4. The molecule has 290 valence electrons. The summed E-state index contributed by atoms with van der Waals surface area (Å²) in [5.41, 5.74) is 13.4. The summed E-state index contributed by atoms with van der Waals surface area (Å²) in [5, 5.41) is 4.57. The maximum atomic E-state index is 6.92. The molecule has 0 bridgehead atoms. The summed E-state index contributed by atoms with van der Waals surface area (Å²) in [5.74, 6) is 1.92. The largest absolute Gasteiger partial charge is 0.455 e. The standard InChI is InChI=1S/C57H35N3OS/c1-3-16-36(17-4-1)40-20-7-9-22-43(40)44-26-14-28-46-45-27-13-25-42(53(45)61-54(44)46)38-34-32-37(33-35-38)41-21-8-10-23-47(41)56-58-55(39-18-5-2-6-19-39)59-57(60-56)49-29-15-31-51-52(49)48-24-11-12-30-50(48)62-51/h1-35H. The van der Waals surface area contributed by atoms with Crippen molar-refractivity contribution >= 4 is 53.4 Å². The molecule has 0 spiro atoms. The number of fused-ring (bicyclic) bond motifs is 6. The average molecular weight is 810 g/mol. The Bertz CT molecular complexity index is 3630. The van der Waals surface area contributed by atoms with Gasteiger partial charge in [-0.3, -0.25) is 0 Å². The highest BCUT2D eigenvalue weighted by atomic mass is 32.1. The lowest BCUT2D eigenvalue weighted by Gasteiger charge is -2.13. The van der Waals surface area contributed by atoms with E-state index in [0.29, 0.717) is 17.5 Å². The molecule has 0 N–H and O–H groups in total. The molecular formula is C57H35N3OS. The van der Waals surface area contributed by atoms with Crippen LogP contribution >= 0.6 is 11.3 Å². The molecular weight excluding hydrogens is 775 g/mol. The first-order chi connectivity index (χ1) is 30.7. The highest BCUT2D eigenvalue weighted by Gasteiger charge is 2.20. The van der Waals surface area contributed by atoms with Crippen molar-refractivity contribution in [3.05, 3.63) is 212 Å². The smallest absolute Gasteiger partial charge is 0.164 e. The number of furan rings is 1. The predicted octanol–water partition coefficient (Wildman–Crippen LogP) is 15.8. The summed E-state index contributed by atoms with van der Waals surface area (Å²) < 4.78 is 9.38. The van der Waals surface area contributed by atoms with Crippen LogP contribution in [0.5, 0.6) is 0 Å². The lowest BCUT2D eigenvalue weighted by molar-refractivity contribution is 0.671. The minimum atomic E-state index is 0.627. The molecule has 0 amide bonds. The van der Waals surface area contributed by atoms with Crippen molar-refractivity contribution in [3.63, 3.8) is 0 Å². The zero-order chi connectivity index (χ0) is 41.0. The Balaban J connectivity index is 0.961. The monoisotopic (exact) mass is 809 g/mol. The van der Waals surface area contributed by atoms with Crippen LogP contribution in [0, 0.1) is 0 Å². The molecule has 62 heavy (non-hydrogen) atoms. The van der Waals surface area contributed by atoms with Crippen molar-refractivity contribution in [2.45, 2.75) is 0 Å². The lowest BCUT2D eigenvalue weighted by Crippen LogP contribution is -2.01. The van der Waals surface area contributed by atoms with E-state index in [2.05, 4.69) is 194 Å². The van der Waals surface area contributed by atoms with Crippen LogP contribution in [0.4, 0.5) is 0 Å². The first kappa shape index (κ1) is 35.9. The Labute approximate surface area is 362 Å². The minimum Gasteiger partial charge on any atom is -0.455 e. The summed E-state index contributed by atoms with van der Waals surface area (Å²) >= 11 is 1.79. The van der Waals surface area contributed by atoms with E-state index in [1.54, 1.807) is 11.3 Å². The topological polar surface area (TPSA) is 51.8 Å². The second kappa shape index (κ2) is 14.9. The summed E-state index contributed by atoms with van der Waals surface area (Å²) in [6, 6.07) is 74.4. The van der Waals surface area contributed by atoms with E-state index in [9.17, 15) is 0 Å². The third kappa shape index (κ3) is 6.09. The second-order valence-electron chi connectivity index (χ2n) is 15.5. The third-order valence-corrected chi connectivity index (χ3v) is 12.9. The van der Waals surface area contributed by atoms with Crippen molar-refractivity contribution in [2.75, 3.05) is 0 Å². The van der Waals surface area contributed by atoms with Gasteiger partial charge in [0.05, 0.1) is 0 Å². The van der Waals surface area contributed by atoms with Crippen LogP contribution < -0.4 is 0 Å². The van der Waals surface area contributed by atoms with E-state index in [4.69, 9.17) is 19.4 Å². The van der Waals surface area contributed by atoms with E-state index in [0.717, 1.165) is 72.0 Å². The van der Waals surface area contributed by atoms with Gasteiger partial charge in [-0.2, -0.15) is 0 Å². The molecule has 0 aliphatic heterocycles. The van der Waals surface area contributed by atoms with Gasteiger partial charge in [0.2, 0.25) is 0 Å². The number of aromatic nitrogens is 3. The molecule has 3 aromatic heterocycles. The van der Waals surface area contributed by atoms with Crippen LogP contribution in [0.2, 0.25) is 0 Å². The number of para-hydroxylation sites is 2. The Morgan fingerprint density at radius 2 is 0.710 bits per heavy atom. The fourth-order valence-electron chi connectivity index (χ4n) is 8.90. The molecule has 0 saturated heterocycles. The van der Waals surface area contributed by atoms with Crippen LogP contribution in [0.3, 0.4) is 0 Å². The van der Waals surface area contributed by atoms with Crippen molar-refractivity contribution in [3.8, 4) is 78.7 Å². The van der Waals surface area contributed by atoms with E-state index in [-0.39, 0.29) is 0 Å². The number of nitrogens with zero attached hydrogens (tertiary/aromatic N) is 3. The van der Waals surface area contributed by atoms with Gasteiger partial charge in [0.25, 0.3) is 0 Å². The molecule has 0 saturated carbocycles. The number of hydrogen-bond donors (Lipinski definition) is 0. The number of rotatable bonds is 7. The van der Waals surface area contributed by atoms with E-state index >= 15 is 0 Å². The Hall–Kier alpha value is -7.99. The van der Waals surface area contributed by atoms with Gasteiger partial charge in [-0.05, 0) is 45.5 Å². The van der Waals surface area contributed by atoms with Gasteiger partial charge in [-0.25, -0.2) is 15.0 Å². The quantitative estimate of drug-likeness (QED) is 0.161. The molecule has 12 aromatic rings. The molecule has 0 fully saturated rings. The molecule has 0 aliphatic rings. The zero-order valence-corrected chi connectivity index (χ0v) is 34.2. The van der Waals surface area contributed by atoms with Gasteiger partial charge in [-0.15, -0.1) is 11.3 Å². The van der Waals surface area contributed by atoms with Gasteiger partial charge in [-0.1, -0.05) is 200 Å². The molecule has 0 aliphatic carbocycles. The van der Waals surface area contributed by atoms with Crippen LogP contribution in [0.25, 0.3) is 121 Å². The third-order valence-electron chi connectivity index (χ3n) is 11.8. The first-order valence-electron chi connectivity index (χ1n) is 20.8. The average Bonchev–Trinajstić information content (AvgIpc) is 3.94. The van der Waals surface area contributed by atoms with Crippen LogP contribution in [0.1, 0.15) is 0 Å². The first-order valence-corrected chi connectivity index (χ1v) is 21.6. The van der Waals surface area contributed by atoms with E-state index < -0.39 is 0 Å². The lowest BCUT2D eigenvalue weighted by atomic mass is 9.93. The normalized spacial score (nSPS) is 11.5. The van der Waals surface area contributed by atoms with Crippen molar-refractivity contribution in [1.82, 2.24) is 15.0 Å². The number of hydrogen-bond acceptors (Lipinski definition) is 5. The second-order valence-corrected chi connectivity index (χ2v) is 16.5. The maximum absolute atomic E-state index is 6.92.